The molecule has 0 aliphatic heterocycles. The molecule has 1 atom stereocenters. The number of hydrogen-bond donors (Lipinski definition) is 1. The largest absolute Gasteiger partial charge is 0.386 e. The van der Waals surface area contributed by atoms with Crippen molar-refractivity contribution in [2.75, 3.05) is 0 Å². The minimum Gasteiger partial charge on any atom is -0.386 e. The zero-order valence-corrected chi connectivity index (χ0v) is 15.1. The molecule has 1 aliphatic carbocycles. The summed E-state index contributed by atoms with van der Waals surface area (Å²) in [6.45, 7) is 17.2. The normalized spacial score (nSPS) is 16.3. The molecule has 0 radical (unpaired) electrons. The lowest BCUT2D eigenvalue weighted by Crippen LogP contribution is -2.32. The fourth-order valence-corrected chi connectivity index (χ4v) is 2.85. The molecule has 0 aromatic carbocycles. The van der Waals surface area contributed by atoms with E-state index in [9.17, 15) is 0 Å². The van der Waals surface area contributed by atoms with Crippen molar-refractivity contribution in [1.82, 2.24) is 5.32 Å². The maximum atomic E-state index is 4.21. The highest BCUT2D eigenvalue weighted by atomic mass is 14.9. The van der Waals surface area contributed by atoms with Crippen molar-refractivity contribution in [2.24, 2.45) is 11.3 Å². The average Bonchev–Trinajstić information content (AvgIpc) is 2.45. The van der Waals surface area contributed by atoms with E-state index in [1.54, 1.807) is 5.57 Å². The summed E-state index contributed by atoms with van der Waals surface area (Å²) >= 11 is 0. The summed E-state index contributed by atoms with van der Waals surface area (Å²) in [5.74, 6) is 0.490. The molecule has 0 bridgehead atoms. The highest BCUT2D eigenvalue weighted by Gasteiger charge is 2.20. The minimum atomic E-state index is 0.335. The maximum absolute atomic E-state index is 4.21. The van der Waals surface area contributed by atoms with E-state index in [0.29, 0.717) is 17.4 Å². The molecule has 0 amide bonds. The van der Waals surface area contributed by atoms with E-state index in [1.165, 1.54) is 31.4 Å². The molecule has 1 unspecified atom stereocenters. The molecule has 0 saturated heterocycles. The van der Waals surface area contributed by atoms with Crippen LogP contribution in [0, 0.1) is 11.3 Å². The highest BCUT2D eigenvalue weighted by Crippen LogP contribution is 2.29. The predicted molar refractivity (Wildman–Crippen MR) is 99.8 cm³/mol. The van der Waals surface area contributed by atoms with Crippen LogP contribution in [0.3, 0.4) is 0 Å². The van der Waals surface area contributed by atoms with Gasteiger partial charge in [0.15, 0.2) is 0 Å². The fraction of sp³-hybridized carbons (Fsp3) is 0.619. The zero-order valence-electron chi connectivity index (χ0n) is 15.1. The monoisotopic (exact) mass is 301 g/mol. The zero-order chi connectivity index (χ0) is 16.6. The van der Waals surface area contributed by atoms with Crippen LogP contribution in [-0.2, 0) is 0 Å². The molecular formula is C21H35N. The van der Waals surface area contributed by atoms with Gasteiger partial charge in [0.05, 0.1) is 0 Å². The third kappa shape index (κ3) is 7.15. The van der Waals surface area contributed by atoms with Gasteiger partial charge in [0.2, 0.25) is 0 Å². The van der Waals surface area contributed by atoms with E-state index in [-0.39, 0.29) is 0 Å². The lowest BCUT2D eigenvalue weighted by Gasteiger charge is -2.29. The first-order valence-electron chi connectivity index (χ1n) is 8.75. The molecule has 0 fully saturated rings. The molecule has 0 saturated carbocycles. The van der Waals surface area contributed by atoms with Crippen LogP contribution in [0.4, 0.5) is 0 Å². The molecule has 0 aromatic rings. The van der Waals surface area contributed by atoms with E-state index < -0.39 is 0 Å². The summed E-state index contributed by atoms with van der Waals surface area (Å²) in [6, 6.07) is 0.497. The van der Waals surface area contributed by atoms with E-state index in [4.69, 9.17) is 0 Å². The van der Waals surface area contributed by atoms with Gasteiger partial charge < -0.3 is 5.32 Å². The van der Waals surface area contributed by atoms with Gasteiger partial charge >= 0.3 is 0 Å². The maximum Gasteiger partial charge on any atom is 0.0295 e. The Kier molecular flexibility index (Phi) is 7.72. The second-order valence-electron chi connectivity index (χ2n) is 7.71. The van der Waals surface area contributed by atoms with Gasteiger partial charge in [0, 0.05) is 11.7 Å². The fourth-order valence-electron chi connectivity index (χ4n) is 2.85. The van der Waals surface area contributed by atoms with Gasteiger partial charge in [-0.25, -0.2) is 0 Å². The van der Waals surface area contributed by atoms with Gasteiger partial charge in [-0.3, -0.25) is 0 Å². The van der Waals surface area contributed by atoms with E-state index in [1.807, 2.05) is 6.08 Å². The molecule has 0 spiro atoms. The minimum absolute atomic E-state index is 0.335. The molecule has 1 rings (SSSR count). The molecule has 1 nitrogen and oxygen atoms in total. The molecule has 1 N–H and O–H groups in total. The second-order valence-corrected chi connectivity index (χ2v) is 7.71. The van der Waals surface area contributed by atoms with Crippen molar-refractivity contribution in [3.05, 3.63) is 48.7 Å². The van der Waals surface area contributed by atoms with Gasteiger partial charge in [0.25, 0.3) is 0 Å². The van der Waals surface area contributed by atoms with E-state index >= 15 is 0 Å². The molecule has 124 valence electrons. The third-order valence-corrected chi connectivity index (χ3v) is 4.56. The van der Waals surface area contributed by atoms with Crippen molar-refractivity contribution in [2.45, 2.75) is 72.3 Å². The lowest BCUT2D eigenvalue weighted by molar-refractivity contribution is 0.304. The van der Waals surface area contributed by atoms with E-state index in [0.717, 1.165) is 12.8 Å². The Labute approximate surface area is 138 Å². The van der Waals surface area contributed by atoms with Gasteiger partial charge in [-0.2, -0.15) is 0 Å². The molecular weight excluding hydrogens is 266 g/mol. The van der Waals surface area contributed by atoms with Crippen LogP contribution < -0.4 is 5.32 Å². The van der Waals surface area contributed by atoms with Crippen molar-refractivity contribution in [1.29, 1.82) is 0 Å². The van der Waals surface area contributed by atoms with Gasteiger partial charge in [-0.15, -0.1) is 6.58 Å². The standard InChI is InChI=1S/C21H35N/c1-7-14-21(5,6)15-13-20(22-18(4)17(2)3)16-19-11-9-8-10-12-19/h7-9,11,17,20,22H,1,4,10,12-16H2,2-3,5-6H3. The summed E-state index contributed by atoms with van der Waals surface area (Å²) in [4.78, 5) is 0. The Morgan fingerprint density at radius 2 is 2.14 bits per heavy atom. The highest BCUT2D eigenvalue weighted by molar-refractivity contribution is 5.19. The Morgan fingerprint density at radius 1 is 1.41 bits per heavy atom. The van der Waals surface area contributed by atoms with Crippen LogP contribution >= 0.6 is 0 Å². The third-order valence-electron chi connectivity index (χ3n) is 4.56. The van der Waals surface area contributed by atoms with Crippen molar-refractivity contribution >= 4 is 0 Å². The topological polar surface area (TPSA) is 12.0 Å². The van der Waals surface area contributed by atoms with Gasteiger partial charge in [0.1, 0.15) is 0 Å². The average molecular weight is 302 g/mol. The second kappa shape index (κ2) is 9.02. The molecule has 1 heteroatoms. The quantitative estimate of drug-likeness (QED) is 0.476. The Bertz CT molecular complexity index is 423. The van der Waals surface area contributed by atoms with E-state index in [2.05, 4.69) is 64.4 Å². The molecule has 0 heterocycles. The first-order chi connectivity index (χ1) is 10.3. The van der Waals surface area contributed by atoms with Crippen LogP contribution in [0.1, 0.15) is 66.2 Å². The van der Waals surface area contributed by atoms with Crippen LogP contribution in [0.2, 0.25) is 0 Å². The molecule has 1 aliphatic rings. The van der Waals surface area contributed by atoms with Crippen LogP contribution in [0.25, 0.3) is 0 Å². The van der Waals surface area contributed by atoms with Gasteiger partial charge in [-0.05, 0) is 49.9 Å². The number of nitrogens with one attached hydrogen (secondary N) is 1. The first kappa shape index (κ1) is 18.8. The Morgan fingerprint density at radius 3 is 2.68 bits per heavy atom. The summed E-state index contributed by atoms with van der Waals surface area (Å²) in [5.41, 5.74) is 3.07. The van der Waals surface area contributed by atoms with Crippen molar-refractivity contribution in [3.8, 4) is 0 Å². The van der Waals surface area contributed by atoms with Crippen LogP contribution in [-0.4, -0.2) is 6.04 Å². The van der Waals surface area contributed by atoms with Gasteiger partial charge in [-0.1, -0.05) is 64.2 Å². The SMILES string of the molecule is C=CCC(C)(C)CCC(CC1=CC=CCC1)NC(=C)C(C)C. The Balaban J connectivity index is 2.64. The number of hydrogen-bond acceptors (Lipinski definition) is 1. The summed E-state index contributed by atoms with van der Waals surface area (Å²) in [5, 5.41) is 3.69. The van der Waals surface area contributed by atoms with Crippen molar-refractivity contribution in [3.63, 3.8) is 0 Å². The smallest absolute Gasteiger partial charge is 0.0295 e. The lowest BCUT2D eigenvalue weighted by atomic mass is 9.82. The summed E-state index contributed by atoms with van der Waals surface area (Å²) in [7, 11) is 0. The summed E-state index contributed by atoms with van der Waals surface area (Å²) in [6.07, 6.45) is 15.8. The number of allylic oxidation sites excluding steroid dienone is 5. The van der Waals surface area contributed by atoms with Crippen molar-refractivity contribution < 1.29 is 0 Å². The number of rotatable bonds is 10. The first-order valence-corrected chi connectivity index (χ1v) is 8.75. The summed E-state index contributed by atoms with van der Waals surface area (Å²) < 4.78 is 0. The van der Waals surface area contributed by atoms with Crippen LogP contribution in [0.5, 0.6) is 0 Å². The predicted octanol–water partition coefficient (Wildman–Crippen LogP) is 6.16. The molecule has 0 aromatic heterocycles. The molecule has 22 heavy (non-hydrogen) atoms. The van der Waals surface area contributed by atoms with Crippen LogP contribution in [0.15, 0.2) is 48.7 Å². The Hall–Kier alpha value is -1.24.